The Kier molecular flexibility index (Phi) is 8.52. The van der Waals surface area contributed by atoms with Crippen molar-refractivity contribution in [3.8, 4) is 11.4 Å². The minimum Gasteiger partial charge on any atom is -0.494 e. The second-order valence-electron chi connectivity index (χ2n) is 6.90. The maximum Gasteiger partial charge on any atom is 0.319 e. The molecule has 0 saturated heterocycles. The second kappa shape index (κ2) is 11.3. The minimum atomic E-state index is -0.413. The number of esters is 1. The van der Waals surface area contributed by atoms with Crippen LogP contribution in [0.4, 0.5) is 0 Å². The Morgan fingerprint density at radius 1 is 1.06 bits per heavy atom. The van der Waals surface area contributed by atoms with Crippen LogP contribution in [0.1, 0.15) is 38.0 Å². The van der Waals surface area contributed by atoms with Gasteiger partial charge >= 0.3 is 5.97 Å². The molecule has 3 aromatic rings. The van der Waals surface area contributed by atoms with E-state index in [1.165, 1.54) is 23.5 Å². The molecule has 0 radical (unpaired) electrons. The van der Waals surface area contributed by atoms with Gasteiger partial charge in [-0.3, -0.25) is 9.36 Å². The number of hydrogen-bond acceptors (Lipinski definition) is 9. The van der Waals surface area contributed by atoms with Crippen LogP contribution in [0.5, 0.6) is 5.75 Å². The summed E-state index contributed by atoms with van der Waals surface area (Å²) in [5.74, 6) is 1.77. The highest BCUT2D eigenvalue weighted by molar-refractivity contribution is 8.00. The monoisotopic (exact) mass is 473 g/mol. The van der Waals surface area contributed by atoms with E-state index < -0.39 is 5.25 Å². The summed E-state index contributed by atoms with van der Waals surface area (Å²) in [7, 11) is 0. The van der Waals surface area contributed by atoms with E-state index in [1.54, 1.807) is 13.8 Å². The van der Waals surface area contributed by atoms with E-state index in [4.69, 9.17) is 9.47 Å². The number of aryl methyl sites for hydroxylation is 2. The summed E-state index contributed by atoms with van der Waals surface area (Å²) in [5, 5.41) is 9.66. The number of carbonyl (C=O) groups is 1. The van der Waals surface area contributed by atoms with Gasteiger partial charge in [0.05, 0.1) is 19.0 Å². The van der Waals surface area contributed by atoms with E-state index in [0.717, 1.165) is 28.6 Å². The van der Waals surface area contributed by atoms with Crippen LogP contribution in [0.2, 0.25) is 0 Å². The molecular formula is C22H27N5O3S2. The summed E-state index contributed by atoms with van der Waals surface area (Å²) < 4.78 is 12.7. The molecule has 0 spiro atoms. The van der Waals surface area contributed by atoms with Crippen LogP contribution in [0.25, 0.3) is 5.69 Å². The quantitative estimate of drug-likeness (QED) is 0.241. The van der Waals surface area contributed by atoms with Crippen LogP contribution in [0.15, 0.2) is 40.6 Å². The molecule has 8 nitrogen and oxygen atoms in total. The summed E-state index contributed by atoms with van der Waals surface area (Å²) in [6, 6.07) is 9.67. The third-order valence-electron chi connectivity index (χ3n) is 4.30. The smallest absolute Gasteiger partial charge is 0.319 e. The van der Waals surface area contributed by atoms with Crippen LogP contribution in [-0.4, -0.2) is 49.2 Å². The number of benzene rings is 1. The maximum absolute atomic E-state index is 12.2. The van der Waals surface area contributed by atoms with Crippen LogP contribution in [0.3, 0.4) is 0 Å². The Labute approximate surface area is 196 Å². The Morgan fingerprint density at radius 2 is 1.75 bits per heavy atom. The molecule has 0 unspecified atom stereocenters. The van der Waals surface area contributed by atoms with E-state index in [0.29, 0.717) is 29.3 Å². The molecule has 0 fully saturated rings. The zero-order valence-corrected chi connectivity index (χ0v) is 20.5. The van der Waals surface area contributed by atoms with Gasteiger partial charge < -0.3 is 9.47 Å². The molecule has 2 heterocycles. The lowest BCUT2D eigenvalue weighted by atomic mass is 10.3. The largest absolute Gasteiger partial charge is 0.494 e. The van der Waals surface area contributed by atoms with Gasteiger partial charge in [0.25, 0.3) is 0 Å². The highest BCUT2D eigenvalue weighted by atomic mass is 32.2. The van der Waals surface area contributed by atoms with Gasteiger partial charge in [0, 0.05) is 17.1 Å². The first kappa shape index (κ1) is 24.1. The molecule has 0 bridgehead atoms. The SMILES string of the molecule is CCOC(=O)[C@H](C)Sc1nnc(CSc2nc(C)cc(C)n2)n1-c1ccc(OCC)cc1. The predicted molar refractivity (Wildman–Crippen MR) is 126 cm³/mol. The average molecular weight is 474 g/mol. The fourth-order valence-corrected chi connectivity index (χ4v) is 4.69. The lowest BCUT2D eigenvalue weighted by molar-refractivity contribution is -0.142. The first-order chi connectivity index (χ1) is 15.4. The summed E-state index contributed by atoms with van der Waals surface area (Å²) in [4.78, 5) is 21.1. The van der Waals surface area contributed by atoms with Crippen molar-refractivity contribution in [3.05, 3.63) is 47.5 Å². The fourth-order valence-electron chi connectivity index (χ4n) is 2.94. The molecule has 0 saturated carbocycles. The molecule has 3 rings (SSSR count). The lowest BCUT2D eigenvalue weighted by Crippen LogP contribution is -2.17. The van der Waals surface area contributed by atoms with E-state index >= 15 is 0 Å². The Balaban J connectivity index is 1.90. The molecule has 0 amide bonds. The molecular weight excluding hydrogens is 446 g/mol. The molecule has 0 aliphatic heterocycles. The van der Waals surface area contributed by atoms with E-state index in [2.05, 4.69) is 20.2 Å². The topological polar surface area (TPSA) is 92.0 Å². The minimum absolute atomic E-state index is 0.279. The summed E-state index contributed by atoms with van der Waals surface area (Å²) in [6.45, 7) is 10.4. The molecule has 2 aromatic heterocycles. The van der Waals surface area contributed by atoms with Gasteiger partial charge in [0.15, 0.2) is 10.3 Å². The van der Waals surface area contributed by atoms with Gasteiger partial charge in [-0.25, -0.2) is 9.97 Å². The molecule has 1 atom stereocenters. The highest BCUT2D eigenvalue weighted by Gasteiger charge is 2.22. The standard InChI is InChI=1S/C22H27N5O3S2/c1-6-29-18-10-8-17(9-11-18)27-19(13-31-21-23-14(3)12-15(4)24-21)25-26-22(27)32-16(5)20(28)30-7-2/h8-12,16H,6-7,13H2,1-5H3/t16-/m0/s1. The molecule has 32 heavy (non-hydrogen) atoms. The van der Waals surface area contributed by atoms with Crippen LogP contribution >= 0.6 is 23.5 Å². The molecule has 170 valence electrons. The van der Waals surface area contributed by atoms with Crippen LogP contribution < -0.4 is 4.74 Å². The Morgan fingerprint density at radius 3 is 2.38 bits per heavy atom. The first-order valence-corrected chi connectivity index (χ1v) is 12.2. The zero-order chi connectivity index (χ0) is 23.1. The number of hydrogen-bond donors (Lipinski definition) is 0. The summed E-state index contributed by atoms with van der Waals surface area (Å²) in [6.07, 6.45) is 0. The van der Waals surface area contributed by atoms with Crippen LogP contribution in [-0.2, 0) is 15.3 Å². The van der Waals surface area contributed by atoms with Crippen LogP contribution in [0, 0.1) is 13.8 Å². The van der Waals surface area contributed by atoms with Crippen molar-refractivity contribution in [2.24, 2.45) is 0 Å². The number of ether oxygens (including phenoxy) is 2. The molecule has 10 heteroatoms. The third-order valence-corrected chi connectivity index (χ3v) is 6.16. The highest BCUT2D eigenvalue weighted by Crippen LogP contribution is 2.29. The second-order valence-corrected chi connectivity index (χ2v) is 9.15. The maximum atomic E-state index is 12.2. The Bertz CT molecular complexity index is 1040. The van der Waals surface area contributed by atoms with E-state index in [1.807, 2.05) is 55.7 Å². The van der Waals surface area contributed by atoms with Gasteiger partial charge in [-0.1, -0.05) is 23.5 Å². The number of nitrogens with zero attached hydrogens (tertiary/aromatic N) is 5. The molecule has 0 N–H and O–H groups in total. The number of carbonyl (C=O) groups excluding carboxylic acids is 1. The van der Waals surface area contributed by atoms with Crippen molar-refractivity contribution >= 4 is 29.5 Å². The van der Waals surface area contributed by atoms with Gasteiger partial charge in [0.2, 0.25) is 0 Å². The summed E-state index contributed by atoms with van der Waals surface area (Å²) in [5.41, 5.74) is 2.73. The molecule has 0 aliphatic rings. The number of thioether (sulfide) groups is 2. The zero-order valence-electron chi connectivity index (χ0n) is 18.9. The molecule has 1 aromatic carbocycles. The van der Waals surface area contributed by atoms with Crippen molar-refractivity contribution in [2.75, 3.05) is 13.2 Å². The Hall–Kier alpha value is -2.59. The van der Waals surface area contributed by atoms with Crippen molar-refractivity contribution < 1.29 is 14.3 Å². The van der Waals surface area contributed by atoms with Gasteiger partial charge in [-0.15, -0.1) is 10.2 Å². The first-order valence-electron chi connectivity index (χ1n) is 10.4. The van der Waals surface area contributed by atoms with Crippen molar-refractivity contribution in [3.63, 3.8) is 0 Å². The third kappa shape index (κ3) is 6.23. The van der Waals surface area contributed by atoms with Gasteiger partial charge in [-0.2, -0.15) is 0 Å². The molecule has 0 aliphatic carbocycles. The van der Waals surface area contributed by atoms with Crippen molar-refractivity contribution in [2.45, 2.75) is 55.9 Å². The fraction of sp³-hybridized carbons (Fsp3) is 0.409. The normalized spacial score (nSPS) is 11.9. The number of aromatic nitrogens is 5. The average Bonchev–Trinajstić information content (AvgIpc) is 3.15. The van der Waals surface area contributed by atoms with Crippen molar-refractivity contribution in [1.82, 2.24) is 24.7 Å². The van der Waals surface area contributed by atoms with Crippen molar-refractivity contribution in [1.29, 1.82) is 0 Å². The van der Waals surface area contributed by atoms with Gasteiger partial charge in [-0.05, 0) is 65.0 Å². The summed E-state index contributed by atoms with van der Waals surface area (Å²) >= 11 is 2.82. The van der Waals surface area contributed by atoms with E-state index in [9.17, 15) is 4.79 Å². The van der Waals surface area contributed by atoms with E-state index in [-0.39, 0.29) is 5.97 Å². The lowest BCUT2D eigenvalue weighted by Gasteiger charge is -2.13. The number of rotatable bonds is 10. The predicted octanol–water partition coefficient (Wildman–Crippen LogP) is 4.41. The van der Waals surface area contributed by atoms with Gasteiger partial charge in [0.1, 0.15) is 16.8 Å².